The highest BCUT2D eigenvalue weighted by atomic mass is 32.2. The number of thiocarbonyl (C=S) groups is 1. The maximum Gasteiger partial charge on any atom is 0.270 e. The number of anilines is 1. The lowest BCUT2D eigenvalue weighted by Crippen LogP contribution is -2.27. The van der Waals surface area contributed by atoms with Crippen molar-refractivity contribution in [2.24, 2.45) is 0 Å². The number of hydrogen-bond donors (Lipinski definition) is 0. The van der Waals surface area contributed by atoms with Gasteiger partial charge in [0.05, 0.1) is 22.6 Å². The van der Waals surface area contributed by atoms with E-state index in [0.717, 1.165) is 11.8 Å². The van der Waals surface area contributed by atoms with Crippen LogP contribution in [0.2, 0.25) is 0 Å². The van der Waals surface area contributed by atoms with Crippen molar-refractivity contribution < 1.29 is 19.2 Å². The summed E-state index contributed by atoms with van der Waals surface area (Å²) in [5, 5.41) is 19.4. The lowest BCUT2D eigenvalue weighted by Gasteiger charge is -2.14. The molecule has 0 bridgehead atoms. The van der Waals surface area contributed by atoms with E-state index in [9.17, 15) is 14.9 Å². The van der Waals surface area contributed by atoms with E-state index in [1.807, 2.05) is 6.07 Å². The Morgan fingerprint density at radius 3 is 2.62 bits per heavy atom. The van der Waals surface area contributed by atoms with Gasteiger partial charge in [-0.1, -0.05) is 30.0 Å². The van der Waals surface area contributed by atoms with Crippen LogP contribution in [0.25, 0.3) is 6.08 Å². The first kappa shape index (κ1) is 20.3. The maximum absolute atomic E-state index is 12.8. The fraction of sp³-hybridized carbons (Fsp3) is 0.105. The monoisotopic (exact) mass is 427 g/mol. The van der Waals surface area contributed by atoms with Gasteiger partial charge in [-0.05, 0) is 35.9 Å². The molecule has 1 aliphatic rings. The Morgan fingerprint density at radius 2 is 2.00 bits per heavy atom. The van der Waals surface area contributed by atoms with E-state index in [1.165, 1.54) is 36.3 Å². The Kier molecular flexibility index (Phi) is 6.11. The Bertz CT molecular complexity index is 1060. The van der Waals surface area contributed by atoms with Crippen LogP contribution in [0.15, 0.2) is 47.4 Å². The van der Waals surface area contributed by atoms with Gasteiger partial charge in [-0.15, -0.1) is 0 Å². The summed E-state index contributed by atoms with van der Waals surface area (Å²) in [4.78, 5) is 24.9. The Morgan fingerprint density at radius 1 is 1.28 bits per heavy atom. The van der Waals surface area contributed by atoms with E-state index in [-0.39, 0.29) is 18.2 Å². The Labute approximate surface area is 175 Å². The number of non-ortho nitro benzene ring substituents is 1. The largest absolute Gasteiger partial charge is 0.493 e. The molecule has 0 N–H and O–H groups in total. The highest BCUT2D eigenvalue weighted by molar-refractivity contribution is 8.27. The molecule has 3 rings (SSSR count). The molecule has 1 fully saturated rings. The van der Waals surface area contributed by atoms with Crippen molar-refractivity contribution in [1.82, 2.24) is 0 Å². The summed E-state index contributed by atoms with van der Waals surface area (Å²) < 4.78 is 10.9. The number of rotatable bonds is 6. The van der Waals surface area contributed by atoms with Gasteiger partial charge < -0.3 is 9.47 Å². The minimum Gasteiger partial charge on any atom is -0.493 e. The molecule has 2 aromatic rings. The number of methoxy groups -OCH3 is 1. The van der Waals surface area contributed by atoms with E-state index < -0.39 is 4.92 Å². The van der Waals surface area contributed by atoms with Crippen molar-refractivity contribution in [3.8, 4) is 17.6 Å². The lowest BCUT2D eigenvalue weighted by atomic mass is 10.1. The minimum atomic E-state index is -0.509. The molecule has 10 heteroatoms. The smallest absolute Gasteiger partial charge is 0.270 e. The van der Waals surface area contributed by atoms with Crippen LogP contribution >= 0.6 is 24.0 Å². The van der Waals surface area contributed by atoms with Gasteiger partial charge in [0.15, 0.2) is 22.4 Å². The third-order valence-electron chi connectivity index (χ3n) is 3.89. The zero-order chi connectivity index (χ0) is 21.0. The topological polar surface area (TPSA) is 106 Å². The number of hydrogen-bond acceptors (Lipinski definition) is 8. The first-order valence-corrected chi connectivity index (χ1v) is 9.37. The number of nitro groups is 1. The normalized spacial score (nSPS) is 14.8. The molecule has 0 unspecified atom stereocenters. The van der Waals surface area contributed by atoms with Gasteiger partial charge in [0.1, 0.15) is 6.07 Å². The number of nitro benzene ring substituents is 1. The van der Waals surface area contributed by atoms with Gasteiger partial charge in [-0.25, -0.2) is 0 Å². The first-order valence-electron chi connectivity index (χ1n) is 8.15. The van der Waals surface area contributed by atoms with Crippen molar-refractivity contribution in [3.63, 3.8) is 0 Å². The molecular formula is C19H13N3O5S2. The van der Waals surface area contributed by atoms with Crippen molar-refractivity contribution in [3.05, 3.63) is 63.0 Å². The molecular weight excluding hydrogens is 414 g/mol. The minimum absolute atomic E-state index is 0.0689. The summed E-state index contributed by atoms with van der Waals surface area (Å²) in [6.07, 6.45) is 1.67. The second kappa shape index (κ2) is 8.72. The fourth-order valence-corrected chi connectivity index (χ4v) is 3.87. The highest BCUT2D eigenvalue weighted by Crippen LogP contribution is 2.37. The predicted molar refractivity (Wildman–Crippen MR) is 113 cm³/mol. The number of nitrogens with zero attached hydrogens (tertiary/aromatic N) is 3. The average Bonchev–Trinajstić information content (AvgIpc) is 2.99. The molecule has 0 aromatic heterocycles. The molecule has 1 amide bonds. The number of amides is 1. The Balaban J connectivity index is 1.86. The molecule has 1 heterocycles. The first-order chi connectivity index (χ1) is 13.9. The van der Waals surface area contributed by atoms with Gasteiger partial charge in [0.25, 0.3) is 11.6 Å². The van der Waals surface area contributed by atoms with Gasteiger partial charge in [-0.3, -0.25) is 19.8 Å². The third-order valence-corrected chi connectivity index (χ3v) is 5.19. The number of benzene rings is 2. The molecule has 0 radical (unpaired) electrons. The van der Waals surface area contributed by atoms with Gasteiger partial charge in [0, 0.05) is 12.1 Å². The molecule has 8 nitrogen and oxygen atoms in total. The molecule has 0 spiro atoms. The summed E-state index contributed by atoms with van der Waals surface area (Å²) in [6.45, 7) is -0.108. The van der Waals surface area contributed by atoms with Crippen LogP contribution in [0.3, 0.4) is 0 Å². The molecule has 2 aromatic carbocycles. The molecule has 0 saturated carbocycles. The lowest BCUT2D eigenvalue weighted by molar-refractivity contribution is -0.384. The SMILES string of the molecule is COc1cc(/C=C2/SC(=S)N(c3ccc([N+](=O)[O-])cc3)C2=O)ccc1OCC#N. The molecule has 0 aliphatic carbocycles. The summed E-state index contributed by atoms with van der Waals surface area (Å²) in [6, 6.07) is 12.6. The third kappa shape index (κ3) is 4.37. The zero-order valence-electron chi connectivity index (χ0n) is 15.0. The number of carbonyl (C=O) groups is 1. The number of carbonyl (C=O) groups excluding carboxylic acids is 1. The van der Waals surface area contributed by atoms with Crippen LogP contribution in [0.5, 0.6) is 11.5 Å². The summed E-state index contributed by atoms with van der Waals surface area (Å²) >= 11 is 6.45. The van der Waals surface area contributed by atoms with E-state index >= 15 is 0 Å². The number of ether oxygens (including phenoxy) is 2. The molecule has 0 atom stereocenters. The number of nitriles is 1. The number of thioether (sulfide) groups is 1. The van der Waals surface area contributed by atoms with E-state index in [2.05, 4.69) is 0 Å². The maximum atomic E-state index is 12.8. The van der Waals surface area contributed by atoms with Gasteiger partial charge in [-0.2, -0.15) is 5.26 Å². The summed E-state index contributed by atoms with van der Waals surface area (Å²) in [5.41, 5.74) is 1.08. The van der Waals surface area contributed by atoms with Crippen molar-refractivity contribution in [2.75, 3.05) is 18.6 Å². The quantitative estimate of drug-likeness (QED) is 0.296. The van der Waals surface area contributed by atoms with Crippen LogP contribution in [0.4, 0.5) is 11.4 Å². The molecule has 1 aliphatic heterocycles. The second-order valence-electron chi connectivity index (χ2n) is 5.65. The highest BCUT2D eigenvalue weighted by Gasteiger charge is 2.33. The van der Waals surface area contributed by atoms with E-state index in [0.29, 0.717) is 32.0 Å². The van der Waals surface area contributed by atoms with Crippen molar-refractivity contribution >= 4 is 51.7 Å². The van der Waals surface area contributed by atoms with Crippen LogP contribution in [0.1, 0.15) is 5.56 Å². The van der Waals surface area contributed by atoms with Crippen LogP contribution in [0, 0.1) is 21.4 Å². The zero-order valence-corrected chi connectivity index (χ0v) is 16.7. The molecule has 1 saturated heterocycles. The molecule has 29 heavy (non-hydrogen) atoms. The van der Waals surface area contributed by atoms with Crippen molar-refractivity contribution in [2.45, 2.75) is 0 Å². The average molecular weight is 427 g/mol. The van der Waals surface area contributed by atoms with Crippen LogP contribution < -0.4 is 14.4 Å². The summed E-state index contributed by atoms with van der Waals surface area (Å²) in [7, 11) is 1.48. The van der Waals surface area contributed by atoms with Crippen molar-refractivity contribution in [1.29, 1.82) is 5.26 Å². The standard InChI is InChI=1S/C19H13N3O5S2/c1-26-16-10-12(2-7-15(16)27-9-8-20)11-17-18(23)21(19(28)29-17)13-3-5-14(6-4-13)22(24)25/h2-7,10-11H,9H2,1H3/b17-11+. The van der Waals surface area contributed by atoms with Crippen LogP contribution in [-0.2, 0) is 4.79 Å². The second-order valence-corrected chi connectivity index (χ2v) is 7.32. The predicted octanol–water partition coefficient (Wildman–Crippen LogP) is 3.91. The molecule has 146 valence electrons. The van der Waals surface area contributed by atoms with Crippen LogP contribution in [-0.4, -0.2) is 28.9 Å². The Hall–Kier alpha value is -3.42. The fourth-order valence-electron chi connectivity index (χ4n) is 2.57. The summed E-state index contributed by atoms with van der Waals surface area (Å²) in [5.74, 6) is 0.530. The van der Waals surface area contributed by atoms with E-state index in [4.69, 9.17) is 27.0 Å². The van der Waals surface area contributed by atoms with Gasteiger partial charge in [0.2, 0.25) is 0 Å². The van der Waals surface area contributed by atoms with Gasteiger partial charge >= 0.3 is 0 Å². The van der Waals surface area contributed by atoms with E-state index in [1.54, 1.807) is 24.3 Å².